The van der Waals surface area contributed by atoms with Gasteiger partial charge in [0.15, 0.2) is 0 Å². The molecule has 2 heterocycles. The first-order valence-corrected chi connectivity index (χ1v) is 8.57. The molecule has 0 saturated carbocycles. The molecule has 0 aromatic heterocycles. The summed E-state index contributed by atoms with van der Waals surface area (Å²) in [7, 11) is 1.53. The summed E-state index contributed by atoms with van der Waals surface area (Å²) in [5.74, 6) is 0.206. The fraction of sp³-hybridized carbons (Fsp3) is 0.882. The number of nitrogens with one attached hydrogen (secondary N) is 1. The van der Waals surface area contributed by atoms with Crippen LogP contribution < -0.4 is 5.32 Å². The molecular weight excluding hydrogens is 312 g/mol. The Hall–Kier alpha value is -1.34. The molecule has 1 unspecified atom stereocenters. The van der Waals surface area contributed by atoms with Gasteiger partial charge < -0.3 is 24.4 Å². The van der Waals surface area contributed by atoms with Gasteiger partial charge in [-0.25, -0.2) is 4.79 Å². The standard InChI is InChI=1S/C17H30N2O5/c1-16(2,3)24-15(21)18-9-13-10-19(14(20)11-22-4)12-17(13)5-7-23-8-6-17/h13H,5-12H2,1-4H3,(H,18,21). The Morgan fingerprint density at radius 3 is 2.54 bits per heavy atom. The highest BCUT2D eigenvalue weighted by Crippen LogP contribution is 2.44. The van der Waals surface area contributed by atoms with E-state index >= 15 is 0 Å². The van der Waals surface area contributed by atoms with Crippen molar-refractivity contribution in [1.29, 1.82) is 0 Å². The summed E-state index contributed by atoms with van der Waals surface area (Å²) < 4.78 is 15.8. The fourth-order valence-electron chi connectivity index (χ4n) is 3.58. The maximum Gasteiger partial charge on any atom is 0.407 e. The van der Waals surface area contributed by atoms with Crippen molar-refractivity contribution in [2.24, 2.45) is 11.3 Å². The zero-order valence-electron chi connectivity index (χ0n) is 15.2. The van der Waals surface area contributed by atoms with Gasteiger partial charge >= 0.3 is 6.09 Å². The second kappa shape index (κ2) is 7.70. The Labute approximate surface area is 144 Å². The van der Waals surface area contributed by atoms with Crippen LogP contribution in [0.1, 0.15) is 33.6 Å². The topological polar surface area (TPSA) is 77.1 Å². The lowest BCUT2D eigenvalue weighted by molar-refractivity contribution is -0.134. The van der Waals surface area contributed by atoms with Crippen molar-refractivity contribution in [3.05, 3.63) is 0 Å². The SMILES string of the molecule is COCC(=O)N1CC(CNC(=O)OC(C)(C)C)C2(CCOCC2)C1. The van der Waals surface area contributed by atoms with Crippen LogP contribution in [0.2, 0.25) is 0 Å². The van der Waals surface area contributed by atoms with E-state index < -0.39 is 11.7 Å². The molecule has 7 nitrogen and oxygen atoms in total. The average Bonchev–Trinajstić information content (AvgIpc) is 2.83. The highest BCUT2D eigenvalue weighted by Gasteiger charge is 2.48. The number of carbonyl (C=O) groups is 2. The summed E-state index contributed by atoms with van der Waals surface area (Å²) >= 11 is 0. The molecule has 0 radical (unpaired) electrons. The van der Waals surface area contributed by atoms with Crippen LogP contribution >= 0.6 is 0 Å². The van der Waals surface area contributed by atoms with Gasteiger partial charge in [-0.1, -0.05) is 0 Å². The molecule has 0 aromatic rings. The number of hydrogen-bond donors (Lipinski definition) is 1. The van der Waals surface area contributed by atoms with Crippen molar-refractivity contribution in [3.63, 3.8) is 0 Å². The van der Waals surface area contributed by atoms with Crippen molar-refractivity contribution in [2.75, 3.05) is 46.6 Å². The van der Waals surface area contributed by atoms with Gasteiger partial charge in [-0.3, -0.25) is 4.79 Å². The molecule has 0 bridgehead atoms. The zero-order chi connectivity index (χ0) is 17.8. The van der Waals surface area contributed by atoms with Crippen LogP contribution in [-0.4, -0.2) is 69.1 Å². The molecular formula is C17H30N2O5. The van der Waals surface area contributed by atoms with Gasteiger partial charge in [-0.2, -0.15) is 0 Å². The van der Waals surface area contributed by atoms with Crippen LogP contribution in [-0.2, 0) is 19.0 Å². The Morgan fingerprint density at radius 1 is 1.29 bits per heavy atom. The lowest BCUT2D eigenvalue weighted by Crippen LogP contribution is -2.43. The largest absolute Gasteiger partial charge is 0.444 e. The van der Waals surface area contributed by atoms with E-state index in [0.717, 1.165) is 12.8 Å². The lowest BCUT2D eigenvalue weighted by atomic mass is 9.72. The van der Waals surface area contributed by atoms with Crippen LogP contribution in [0.5, 0.6) is 0 Å². The van der Waals surface area contributed by atoms with Crippen molar-refractivity contribution in [2.45, 2.75) is 39.2 Å². The number of likely N-dealkylation sites (tertiary alicyclic amines) is 1. The molecule has 2 aliphatic heterocycles. The molecule has 1 N–H and O–H groups in total. The molecule has 138 valence electrons. The normalized spacial score (nSPS) is 23.3. The van der Waals surface area contributed by atoms with Crippen molar-refractivity contribution in [3.8, 4) is 0 Å². The third-order valence-electron chi connectivity index (χ3n) is 4.81. The zero-order valence-corrected chi connectivity index (χ0v) is 15.2. The Balaban J connectivity index is 1.99. The monoisotopic (exact) mass is 342 g/mol. The van der Waals surface area contributed by atoms with Gasteiger partial charge in [0, 0.05) is 45.9 Å². The minimum Gasteiger partial charge on any atom is -0.444 e. The van der Waals surface area contributed by atoms with E-state index in [4.69, 9.17) is 14.2 Å². The maximum absolute atomic E-state index is 12.2. The molecule has 2 fully saturated rings. The number of carbonyl (C=O) groups excluding carboxylic acids is 2. The highest BCUT2D eigenvalue weighted by molar-refractivity contribution is 5.78. The maximum atomic E-state index is 12.2. The van der Waals surface area contributed by atoms with E-state index in [1.165, 1.54) is 7.11 Å². The van der Waals surface area contributed by atoms with E-state index in [0.29, 0.717) is 32.8 Å². The smallest absolute Gasteiger partial charge is 0.407 e. The number of methoxy groups -OCH3 is 1. The quantitative estimate of drug-likeness (QED) is 0.836. The molecule has 24 heavy (non-hydrogen) atoms. The molecule has 2 amide bonds. The number of nitrogens with zero attached hydrogens (tertiary/aromatic N) is 1. The third-order valence-corrected chi connectivity index (χ3v) is 4.81. The van der Waals surface area contributed by atoms with Gasteiger partial charge in [0.2, 0.25) is 5.91 Å². The summed E-state index contributed by atoms with van der Waals surface area (Å²) in [6.07, 6.45) is 1.40. The Kier molecular flexibility index (Phi) is 6.09. The number of amides is 2. The van der Waals surface area contributed by atoms with Crippen molar-refractivity contribution < 1.29 is 23.8 Å². The molecule has 2 saturated heterocycles. The minimum atomic E-state index is -0.517. The molecule has 2 rings (SSSR count). The summed E-state index contributed by atoms with van der Waals surface area (Å²) in [6.45, 7) is 8.87. The molecule has 1 spiro atoms. The summed E-state index contributed by atoms with van der Waals surface area (Å²) in [4.78, 5) is 26.0. The molecule has 2 aliphatic rings. The minimum absolute atomic E-state index is 0.00290. The van der Waals surface area contributed by atoms with Crippen LogP contribution in [0.3, 0.4) is 0 Å². The van der Waals surface area contributed by atoms with E-state index in [1.54, 1.807) is 0 Å². The average molecular weight is 342 g/mol. The lowest BCUT2D eigenvalue weighted by Gasteiger charge is -2.38. The van der Waals surface area contributed by atoms with Crippen LogP contribution in [0.25, 0.3) is 0 Å². The number of hydrogen-bond acceptors (Lipinski definition) is 5. The van der Waals surface area contributed by atoms with Crippen molar-refractivity contribution in [1.82, 2.24) is 10.2 Å². The van der Waals surface area contributed by atoms with E-state index in [9.17, 15) is 9.59 Å². The summed E-state index contributed by atoms with van der Waals surface area (Å²) in [5, 5.41) is 2.87. The summed E-state index contributed by atoms with van der Waals surface area (Å²) in [6, 6.07) is 0. The molecule has 1 atom stereocenters. The highest BCUT2D eigenvalue weighted by atomic mass is 16.6. The van der Waals surface area contributed by atoms with Gasteiger partial charge in [-0.15, -0.1) is 0 Å². The third kappa shape index (κ3) is 4.83. The molecule has 0 aromatic carbocycles. The predicted molar refractivity (Wildman–Crippen MR) is 88.7 cm³/mol. The Bertz CT molecular complexity index is 454. The van der Waals surface area contributed by atoms with E-state index in [2.05, 4.69) is 5.32 Å². The second-order valence-electron chi connectivity index (χ2n) is 7.76. The second-order valence-corrected chi connectivity index (χ2v) is 7.76. The van der Waals surface area contributed by atoms with Gasteiger partial charge in [0.25, 0.3) is 0 Å². The summed E-state index contributed by atoms with van der Waals surface area (Å²) in [5.41, 5.74) is -0.507. The van der Waals surface area contributed by atoms with E-state index in [1.807, 2.05) is 25.7 Å². The number of ether oxygens (including phenoxy) is 3. The first kappa shape index (κ1) is 19.0. The first-order valence-electron chi connectivity index (χ1n) is 8.57. The first-order chi connectivity index (χ1) is 11.3. The van der Waals surface area contributed by atoms with Gasteiger partial charge in [0.05, 0.1) is 0 Å². The van der Waals surface area contributed by atoms with Gasteiger partial charge in [0.1, 0.15) is 12.2 Å². The van der Waals surface area contributed by atoms with Gasteiger partial charge in [-0.05, 0) is 39.0 Å². The number of alkyl carbamates (subject to hydrolysis) is 1. The van der Waals surface area contributed by atoms with E-state index in [-0.39, 0.29) is 23.8 Å². The predicted octanol–water partition coefficient (Wildman–Crippen LogP) is 1.41. The van der Waals surface area contributed by atoms with Crippen LogP contribution in [0.15, 0.2) is 0 Å². The van der Waals surface area contributed by atoms with Crippen molar-refractivity contribution >= 4 is 12.0 Å². The van der Waals surface area contributed by atoms with Crippen LogP contribution in [0, 0.1) is 11.3 Å². The Morgan fingerprint density at radius 2 is 1.96 bits per heavy atom. The molecule has 0 aliphatic carbocycles. The fourth-order valence-corrected chi connectivity index (χ4v) is 3.58. The molecule has 7 heteroatoms. The van der Waals surface area contributed by atoms with Crippen LogP contribution in [0.4, 0.5) is 4.79 Å². The number of rotatable bonds is 4.